The van der Waals surface area contributed by atoms with Crippen LogP contribution in [0, 0.1) is 0 Å². The lowest BCUT2D eigenvalue weighted by Gasteiger charge is -2.23. The van der Waals surface area contributed by atoms with Crippen LogP contribution in [0.4, 0.5) is 0 Å². The molecule has 19 heavy (non-hydrogen) atoms. The number of halogens is 1. The smallest absolute Gasteiger partial charge is 0.193 e. The van der Waals surface area contributed by atoms with Crippen molar-refractivity contribution in [3.05, 3.63) is 53.2 Å². The summed E-state index contributed by atoms with van der Waals surface area (Å²) >= 11 is 5.88. The lowest BCUT2D eigenvalue weighted by Crippen LogP contribution is -2.26. The molecule has 0 fully saturated rings. The number of nitrogens with one attached hydrogen (secondary N) is 1. The van der Waals surface area contributed by atoms with Gasteiger partial charge in [-0.1, -0.05) is 13.8 Å². The molecular formula is C15H19ClN2O. The third kappa shape index (κ3) is 3.58. The van der Waals surface area contributed by atoms with E-state index < -0.39 is 0 Å². The molecule has 0 spiro atoms. The summed E-state index contributed by atoms with van der Waals surface area (Å²) in [4.78, 5) is 4.06. The van der Waals surface area contributed by atoms with Gasteiger partial charge >= 0.3 is 0 Å². The fraction of sp³-hybridized carbons (Fsp3) is 0.400. The van der Waals surface area contributed by atoms with Crippen LogP contribution in [0.25, 0.3) is 0 Å². The number of nitrogens with zero attached hydrogens (tertiary/aromatic N) is 1. The molecule has 2 unspecified atom stereocenters. The van der Waals surface area contributed by atoms with Gasteiger partial charge in [0.25, 0.3) is 0 Å². The Balaban J connectivity index is 2.22. The first-order chi connectivity index (χ1) is 9.22. The van der Waals surface area contributed by atoms with Crippen LogP contribution in [0.2, 0.25) is 5.22 Å². The Kier molecular flexibility index (Phi) is 5.00. The molecular weight excluding hydrogens is 260 g/mol. The molecule has 3 nitrogen and oxygen atoms in total. The van der Waals surface area contributed by atoms with Gasteiger partial charge in [0.15, 0.2) is 5.22 Å². The molecule has 0 aromatic carbocycles. The monoisotopic (exact) mass is 278 g/mol. The van der Waals surface area contributed by atoms with Gasteiger partial charge in [-0.3, -0.25) is 4.98 Å². The molecule has 0 saturated heterocycles. The SMILES string of the molecule is CCCNC(c1ccc(Cl)o1)C(C)c1ccncc1. The second-order valence-electron chi connectivity index (χ2n) is 4.64. The van der Waals surface area contributed by atoms with E-state index in [0.717, 1.165) is 18.7 Å². The first kappa shape index (κ1) is 14.1. The standard InChI is InChI=1S/C15H19ClN2O/c1-3-8-18-15(13-4-5-14(16)19-13)11(2)12-6-9-17-10-7-12/h4-7,9-11,15,18H,3,8H2,1-2H3. The minimum absolute atomic E-state index is 0.120. The van der Waals surface area contributed by atoms with E-state index in [-0.39, 0.29) is 12.0 Å². The van der Waals surface area contributed by atoms with Crippen LogP contribution in [0.3, 0.4) is 0 Å². The van der Waals surface area contributed by atoms with Crippen LogP contribution in [0.1, 0.15) is 43.6 Å². The number of rotatable bonds is 6. The summed E-state index contributed by atoms with van der Waals surface area (Å²) in [6.45, 7) is 5.27. The predicted molar refractivity (Wildman–Crippen MR) is 77.4 cm³/mol. The van der Waals surface area contributed by atoms with Gasteiger partial charge in [-0.05, 0) is 54.4 Å². The zero-order valence-electron chi connectivity index (χ0n) is 11.3. The van der Waals surface area contributed by atoms with Gasteiger partial charge in [0.1, 0.15) is 5.76 Å². The third-order valence-corrected chi connectivity index (χ3v) is 3.45. The molecule has 0 aliphatic heterocycles. The third-order valence-electron chi connectivity index (χ3n) is 3.25. The van der Waals surface area contributed by atoms with Crippen LogP contribution < -0.4 is 5.32 Å². The first-order valence-corrected chi connectivity index (χ1v) is 6.98. The molecule has 0 amide bonds. The van der Waals surface area contributed by atoms with Gasteiger partial charge in [-0.2, -0.15) is 0 Å². The number of pyridine rings is 1. The van der Waals surface area contributed by atoms with Crippen LogP contribution in [0.15, 0.2) is 41.1 Å². The molecule has 1 N–H and O–H groups in total. The van der Waals surface area contributed by atoms with Crippen molar-refractivity contribution < 1.29 is 4.42 Å². The van der Waals surface area contributed by atoms with E-state index in [9.17, 15) is 0 Å². The quantitative estimate of drug-likeness (QED) is 0.862. The zero-order valence-corrected chi connectivity index (χ0v) is 12.0. The summed E-state index contributed by atoms with van der Waals surface area (Å²) < 4.78 is 5.57. The Hall–Kier alpha value is -1.32. The van der Waals surface area contributed by atoms with E-state index in [1.807, 2.05) is 30.6 Å². The number of furan rings is 1. The van der Waals surface area contributed by atoms with Gasteiger partial charge in [-0.15, -0.1) is 0 Å². The van der Waals surface area contributed by atoms with E-state index in [4.69, 9.17) is 16.0 Å². The van der Waals surface area contributed by atoms with Crippen molar-refractivity contribution in [2.75, 3.05) is 6.54 Å². The van der Waals surface area contributed by atoms with Gasteiger partial charge in [0.2, 0.25) is 0 Å². The van der Waals surface area contributed by atoms with Gasteiger partial charge in [0.05, 0.1) is 6.04 Å². The van der Waals surface area contributed by atoms with Gasteiger partial charge in [0, 0.05) is 18.3 Å². The minimum atomic E-state index is 0.120. The Morgan fingerprint density at radius 2 is 2.00 bits per heavy atom. The van der Waals surface area contributed by atoms with E-state index in [2.05, 4.69) is 24.1 Å². The number of aromatic nitrogens is 1. The zero-order chi connectivity index (χ0) is 13.7. The van der Waals surface area contributed by atoms with Crippen LogP contribution >= 0.6 is 11.6 Å². The largest absolute Gasteiger partial charge is 0.448 e. The van der Waals surface area contributed by atoms with E-state index in [0.29, 0.717) is 5.22 Å². The van der Waals surface area contributed by atoms with Crippen molar-refractivity contribution in [2.24, 2.45) is 0 Å². The maximum Gasteiger partial charge on any atom is 0.193 e. The molecule has 0 saturated carbocycles. The average Bonchev–Trinajstić information content (AvgIpc) is 2.86. The van der Waals surface area contributed by atoms with Crippen LogP contribution in [0.5, 0.6) is 0 Å². The van der Waals surface area contributed by atoms with Crippen molar-refractivity contribution in [3.8, 4) is 0 Å². The van der Waals surface area contributed by atoms with Gasteiger partial charge in [-0.25, -0.2) is 0 Å². The Morgan fingerprint density at radius 3 is 2.58 bits per heavy atom. The van der Waals surface area contributed by atoms with Crippen molar-refractivity contribution in [1.82, 2.24) is 10.3 Å². The summed E-state index contributed by atoms with van der Waals surface area (Å²) in [6, 6.07) is 7.92. The molecule has 2 aromatic rings. The second-order valence-corrected chi connectivity index (χ2v) is 5.02. The lowest BCUT2D eigenvalue weighted by molar-refractivity contribution is 0.377. The lowest BCUT2D eigenvalue weighted by atomic mass is 9.92. The molecule has 2 rings (SSSR count). The molecule has 0 bridgehead atoms. The summed E-state index contributed by atoms with van der Waals surface area (Å²) in [5, 5.41) is 3.96. The Bertz CT molecular complexity index is 498. The predicted octanol–water partition coefficient (Wildman–Crippen LogP) is 4.17. The fourth-order valence-electron chi connectivity index (χ4n) is 2.18. The van der Waals surface area contributed by atoms with E-state index >= 15 is 0 Å². The molecule has 2 heterocycles. The van der Waals surface area contributed by atoms with Crippen molar-refractivity contribution >= 4 is 11.6 Å². The highest BCUT2D eigenvalue weighted by atomic mass is 35.5. The summed E-state index contributed by atoms with van der Waals surface area (Å²) in [7, 11) is 0. The average molecular weight is 279 g/mol. The molecule has 102 valence electrons. The molecule has 2 atom stereocenters. The maximum atomic E-state index is 5.88. The minimum Gasteiger partial charge on any atom is -0.448 e. The van der Waals surface area contributed by atoms with Crippen molar-refractivity contribution in [2.45, 2.75) is 32.2 Å². The highest BCUT2D eigenvalue weighted by molar-refractivity contribution is 6.28. The normalized spacial score (nSPS) is 14.3. The topological polar surface area (TPSA) is 38.1 Å². The Labute approximate surface area is 119 Å². The van der Waals surface area contributed by atoms with Gasteiger partial charge < -0.3 is 9.73 Å². The summed E-state index contributed by atoms with van der Waals surface area (Å²) in [5.41, 5.74) is 1.23. The summed E-state index contributed by atoms with van der Waals surface area (Å²) in [6.07, 6.45) is 4.71. The molecule has 4 heteroatoms. The number of hydrogen-bond acceptors (Lipinski definition) is 3. The molecule has 0 aliphatic carbocycles. The van der Waals surface area contributed by atoms with Crippen molar-refractivity contribution in [1.29, 1.82) is 0 Å². The van der Waals surface area contributed by atoms with E-state index in [1.54, 1.807) is 6.07 Å². The number of hydrogen-bond donors (Lipinski definition) is 1. The second kappa shape index (κ2) is 6.73. The highest BCUT2D eigenvalue weighted by Crippen LogP contribution is 2.32. The van der Waals surface area contributed by atoms with Crippen LogP contribution in [-0.2, 0) is 0 Å². The Morgan fingerprint density at radius 1 is 1.26 bits per heavy atom. The van der Waals surface area contributed by atoms with E-state index in [1.165, 1.54) is 5.56 Å². The fourth-order valence-corrected chi connectivity index (χ4v) is 2.33. The first-order valence-electron chi connectivity index (χ1n) is 6.61. The maximum absolute atomic E-state index is 5.88. The molecule has 0 radical (unpaired) electrons. The summed E-state index contributed by atoms with van der Waals surface area (Å²) in [5.74, 6) is 1.17. The van der Waals surface area contributed by atoms with Crippen LogP contribution in [-0.4, -0.2) is 11.5 Å². The highest BCUT2D eigenvalue weighted by Gasteiger charge is 2.23. The molecule has 0 aliphatic rings. The molecule has 2 aromatic heterocycles. The van der Waals surface area contributed by atoms with Crippen molar-refractivity contribution in [3.63, 3.8) is 0 Å².